The molecule has 0 unspecified atom stereocenters. The maximum atomic E-state index is 4.31. The fourth-order valence-electron chi connectivity index (χ4n) is 2.26. The predicted octanol–water partition coefficient (Wildman–Crippen LogP) is 3.67. The van der Waals surface area contributed by atoms with Gasteiger partial charge in [0.25, 0.3) is 0 Å². The van der Waals surface area contributed by atoms with Crippen LogP contribution in [0, 0.1) is 0 Å². The van der Waals surface area contributed by atoms with Crippen molar-refractivity contribution in [1.82, 2.24) is 19.6 Å². The molecule has 3 heterocycles. The molecule has 4 aromatic rings. The Bertz CT molecular complexity index is 882. The molecule has 0 atom stereocenters. The number of nitrogens with zero attached hydrogens (tertiary/aromatic N) is 4. The number of thioether (sulfide) groups is 1. The van der Waals surface area contributed by atoms with Crippen LogP contribution in [0.1, 0.15) is 5.56 Å². The van der Waals surface area contributed by atoms with Gasteiger partial charge in [-0.05, 0) is 36.2 Å². The first-order valence-electron chi connectivity index (χ1n) is 6.66. The van der Waals surface area contributed by atoms with Crippen LogP contribution in [-0.4, -0.2) is 25.3 Å². The van der Waals surface area contributed by atoms with Crippen molar-refractivity contribution in [1.29, 1.82) is 0 Å². The van der Waals surface area contributed by atoms with Crippen LogP contribution in [0.25, 0.3) is 15.2 Å². The predicted molar refractivity (Wildman–Crippen MR) is 87.0 cm³/mol. The van der Waals surface area contributed by atoms with Crippen LogP contribution in [0.2, 0.25) is 0 Å². The van der Waals surface area contributed by atoms with E-state index in [-0.39, 0.29) is 0 Å². The van der Waals surface area contributed by atoms with Crippen molar-refractivity contribution in [3.05, 3.63) is 54.4 Å². The van der Waals surface area contributed by atoms with Crippen molar-refractivity contribution in [2.45, 2.75) is 11.6 Å². The summed E-state index contributed by atoms with van der Waals surface area (Å²) in [6.07, 6.45) is 4.67. The molecular formula is C15H12N4S2. The van der Waals surface area contributed by atoms with E-state index in [9.17, 15) is 0 Å². The third kappa shape index (κ3) is 2.41. The Balaban J connectivity index is 1.59. The zero-order valence-electron chi connectivity index (χ0n) is 11.1. The lowest BCUT2D eigenvalue weighted by molar-refractivity contribution is 0.938. The maximum Gasteiger partial charge on any atom is 0.217 e. The fraction of sp³-hybridized carbons (Fsp3) is 0.133. The molecule has 0 N–H and O–H groups in total. The summed E-state index contributed by atoms with van der Waals surface area (Å²) in [4.78, 5) is 5.00. The van der Waals surface area contributed by atoms with Gasteiger partial charge in [0.2, 0.25) is 4.96 Å². The van der Waals surface area contributed by atoms with Gasteiger partial charge in [-0.2, -0.15) is 0 Å². The van der Waals surface area contributed by atoms with Crippen LogP contribution >= 0.6 is 23.1 Å². The van der Waals surface area contributed by atoms with Crippen LogP contribution < -0.4 is 0 Å². The molecule has 4 rings (SSSR count). The van der Waals surface area contributed by atoms with E-state index in [2.05, 4.69) is 56.0 Å². The van der Waals surface area contributed by atoms with E-state index in [0.717, 1.165) is 22.3 Å². The number of para-hydroxylation sites is 1. The minimum atomic E-state index is 0.961. The normalized spacial score (nSPS) is 11.4. The van der Waals surface area contributed by atoms with Gasteiger partial charge >= 0.3 is 0 Å². The number of hydrogen-bond donors (Lipinski definition) is 0. The van der Waals surface area contributed by atoms with E-state index in [0.29, 0.717) is 0 Å². The van der Waals surface area contributed by atoms with Gasteiger partial charge in [-0.15, -0.1) is 10.2 Å². The Morgan fingerprint density at radius 1 is 1.05 bits per heavy atom. The van der Waals surface area contributed by atoms with Gasteiger partial charge < -0.3 is 0 Å². The molecule has 0 aliphatic carbocycles. The van der Waals surface area contributed by atoms with Crippen molar-refractivity contribution in [3.8, 4) is 0 Å². The summed E-state index contributed by atoms with van der Waals surface area (Å²) in [5, 5.41) is 9.56. The Labute approximate surface area is 129 Å². The highest BCUT2D eigenvalue weighted by Crippen LogP contribution is 2.29. The number of aryl methyl sites for hydroxylation is 1. The van der Waals surface area contributed by atoms with Gasteiger partial charge in [0.15, 0.2) is 5.16 Å². The van der Waals surface area contributed by atoms with Crippen molar-refractivity contribution >= 4 is 38.3 Å². The summed E-state index contributed by atoms with van der Waals surface area (Å²) in [6.45, 7) is 0. The van der Waals surface area contributed by atoms with E-state index in [1.807, 2.05) is 12.4 Å². The zero-order valence-corrected chi connectivity index (χ0v) is 12.8. The highest BCUT2D eigenvalue weighted by Gasteiger charge is 2.12. The summed E-state index contributed by atoms with van der Waals surface area (Å²) in [5.41, 5.74) is 2.49. The molecule has 0 aliphatic rings. The molecule has 0 fully saturated rings. The molecular weight excluding hydrogens is 300 g/mol. The van der Waals surface area contributed by atoms with Gasteiger partial charge in [0, 0.05) is 18.1 Å². The van der Waals surface area contributed by atoms with Crippen LogP contribution in [0.3, 0.4) is 0 Å². The van der Waals surface area contributed by atoms with Crippen molar-refractivity contribution < 1.29 is 0 Å². The second-order valence-corrected chi connectivity index (χ2v) is 6.70. The lowest BCUT2D eigenvalue weighted by atomic mass is 10.2. The Kier molecular flexibility index (Phi) is 3.33. The monoisotopic (exact) mass is 312 g/mol. The van der Waals surface area contributed by atoms with Crippen LogP contribution in [-0.2, 0) is 6.42 Å². The van der Waals surface area contributed by atoms with E-state index in [4.69, 9.17) is 0 Å². The fourth-order valence-corrected chi connectivity index (χ4v) is 4.21. The van der Waals surface area contributed by atoms with Crippen LogP contribution in [0.15, 0.2) is 53.9 Å². The summed E-state index contributed by atoms with van der Waals surface area (Å²) in [6, 6.07) is 12.5. The number of rotatable bonds is 4. The van der Waals surface area contributed by atoms with Gasteiger partial charge in [-0.25, -0.2) is 0 Å². The molecule has 0 spiro atoms. The number of thiazole rings is 1. The second-order valence-electron chi connectivity index (χ2n) is 4.62. The molecule has 0 radical (unpaired) electrons. The number of pyridine rings is 1. The van der Waals surface area contributed by atoms with Crippen molar-refractivity contribution in [2.75, 3.05) is 5.75 Å². The molecule has 3 aromatic heterocycles. The maximum absolute atomic E-state index is 4.31. The summed E-state index contributed by atoms with van der Waals surface area (Å²) >= 11 is 3.43. The molecule has 0 bridgehead atoms. The summed E-state index contributed by atoms with van der Waals surface area (Å²) < 4.78 is 3.40. The summed E-state index contributed by atoms with van der Waals surface area (Å²) in [7, 11) is 0. The first-order chi connectivity index (χ1) is 10.4. The number of aromatic nitrogens is 4. The highest BCUT2D eigenvalue weighted by molar-refractivity contribution is 7.99. The van der Waals surface area contributed by atoms with Gasteiger partial charge in [-0.3, -0.25) is 9.38 Å². The number of hydrogen-bond acceptors (Lipinski definition) is 5. The Morgan fingerprint density at radius 2 is 1.90 bits per heavy atom. The van der Waals surface area contributed by atoms with Gasteiger partial charge in [0.1, 0.15) is 0 Å². The average Bonchev–Trinajstić information content (AvgIpc) is 3.08. The van der Waals surface area contributed by atoms with E-state index >= 15 is 0 Å². The first-order valence-corrected chi connectivity index (χ1v) is 8.46. The molecule has 0 amide bonds. The standard InChI is InChI=1S/C15H12N4S2/c1-2-4-13-12(3-1)19-14(17-18-15(19)21-13)20-10-7-11-5-8-16-9-6-11/h1-6,8-9H,7,10H2. The highest BCUT2D eigenvalue weighted by atomic mass is 32.2. The lowest BCUT2D eigenvalue weighted by Gasteiger charge is -2.00. The van der Waals surface area contributed by atoms with E-state index in [1.165, 1.54) is 15.8 Å². The average molecular weight is 312 g/mol. The molecule has 6 heteroatoms. The molecule has 1 aromatic carbocycles. The van der Waals surface area contributed by atoms with Gasteiger partial charge in [0.05, 0.1) is 10.2 Å². The topological polar surface area (TPSA) is 43.1 Å². The molecule has 0 saturated heterocycles. The summed E-state index contributed by atoms with van der Waals surface area (Å²) in [5.74, 6) is 0.981. The van der Waals surface area contributed by atoms with E-state index < -0.39 is 0 Å². The molecule has 104 valence electrons. The minimum Gasteiger partial charge on any atom is -0.265 e. The van der Waals surface area contributed by atoms with E-state index in [1.54, 1.807) is 23.1 Å². The van der Waals surface area contributed by atoms with Crippen molar-refractivity contribution in [3.63, 3.8) is 0 Å². The molecule has 4 nitrogen and oxygen atoms in total. The van der Waals surface area contributed by atoms with Crippen LogP contribution in [0.4, 0.5) is 0 Å². The largest absolute Gasteiger partial charge is 0.265 e. The number of benzene rings is 1. The van der Waals surface area contributed by atoms with Crippen molar-refractivity contribution in [2.24, 2.45) is 0 Å². The minimum absolute atomic E-state index is 0.961. The molecule has 0 saturated carbocycles. The SMILES string of the molecule is c1ccc2c(c1)sc1nnc(SCCc3ccncc3)n12. The molecule has 21 heavy (non-hydrogen) atoms. The second kappa shape index (κ2) is 5.46. The lowest BCUT2D eigenvalue weighted by Crippen LogP contribution is -1.91. The third-order valence-electron chi connectivity index (χ3n) is 3.28. The van der Waals surface area contributed by atoms with Crippen LogP contribution in [0.5, 0.6) is 0 Å². The molecule has 0 aliphatic heterocycles. The number of fused-ring (bicyclic) bond motifs is 3. The first kappa shape index (κ1) is 12.8. The van der Waals surface area contributed by atoms with Gasteiger partial charge in [-0.1, -0.05) is 35.2 Å². The quantitative estimate of drug-likeness (QED) is 0.539. The Morgan fingerprint density at radius 3 is 2.81 bits per heavy atom. The Hall–Kier alpha value is -1.92. The zero-order chi connectivity index (χ0) is 14.1. The third-order valence-corrected chi connectivity index (χ3v) is 5.22. The smallest absolute Gasteiger partial charge is 0.217 e.